The van der Waals surface area contributed by atoms with Crippen LogP contribution >= 0.6 is 11.6 Å². The number of aliphatic hydroxyl groups is 1. The van der Waals surface area contributed by atoms with Gasteiger partial charge in [0.2, 0.25) is 20.9 Å². The maximum atomic E-state index is 12.3. The van der Waals surface area contributed by atoms with Crippen LogP contribution in [-0.4, -0.2) is 77.8 Å². The number of amides is 1. The van der Waals surface area contributed by atoms with Crippen molar-refractivity contribution in [1.82, 2.24) is 19.5 Å². The molecule has 11 nitrogen and oxygen atoms in total. The lowest BCUT2D eigenvalue weighted by Gasteiger charge is -2.35. The zero-order chi connectivity index (χ0) is 30.1. The molecule has 40 heavy (non-hydrogen) atoms. The smallest absolute Gasteiger partial charge is 0.340 e. The number of aromatic nitrogens is 4. The van der Waals surface area contributed by atoms with Gasteiger partial charge in [0, 0.05) is 5.92 Å². The molecule has 14 heteroatoms. The van der Waals surface area contributed by atoms with Crippen molar-refractivity contribution in [1.29, 1.82) is 0 Å². The number of hydrogen-bond acceptors (Lipinski definition) is 9. The SMILES string of the molecule is CC(C)C(=O)Nc1nc(Cl)c2ncn([C@@H]3O[C@H](CO[Si](O)(C(C)C)C(C)C)C(O[Si](C(C)C)C(C)C)[C@@H]3O)c2n1. The number of fused-ring (bicyclic) bond motifs is 1. The first-order valence-electron chi connectivity index (χ1n) is 14.0. The summed E-state index contributed by atoms with van der Waals surface area (Å²) in [7, 11) is -4.43. The van der Waals surface area contributed by atoms with E-state index in [9.17, 15) is 14.7 Å². The lowest BCUT2D eigenvalue weighted by molar-refractivity contribution is -0.118. The molecule has 1 aliphatic rings. The van der Waals surface area contributed by atoms with Crippen LogP contribution in [-0.2, 0) is 18.4 Å². The highest BCUT2D eigenvalue weighted by atomic mass is 35.5. The largest absolute Gasteiger partial charge is 0.410 e. The number of anilines is 1. The van der Waals surface area contributed by atoms with Crippen molar-refractivity contribution in [3.8, 4) is 0 Å². The third-order valence-electron chi connectivity index (χ3n) is 7.27. The molecule has 1 aliphatic heterocycles. The Balaban J connectivity index is 1.99. The number of imidazole rings is 1. The molecule has 0 spiro atoms. The molecular formula is C26H45ClN5O6Si2. The van der Waals surface area contributed by atoms with E-state index in [1.165, 1.54) is 6.33 Å². The summed E-state index contributed by atoms with van der Waals surface area (Å²) in [6, 6.07) is 0. The minimum absolute atomic E-state index is 0.0316. The van der Waals surface area contributed by atoms with Gasteiger partial charge in [0.25, 0.3) is 0 Å². The highest BCUT2D eigenvalue weighted by Crippen LogP contribution is 2.38. The summed E-state index contributed by atoms with van der Waals surface area (Å²) in [5.41, 5.74) is 1.14. The van der Waals surface area contributed by atoms with Crippen LogP contribution in [0.25, 0.3) is 11.2 Å². The Morgan fingerprint density at radius 2 is 1.73 bits per heavy atom. The Hall–Kier alpha value is -1.46. The number of hydrogen-bond donors (Lipinski definition) is 3. The fourth-order valence-corrected chi connectivity index (χ4v) is 10.0. The van der Waals surface area contributed by atoms with Gasteiger partial charge < -0.3 is 23.5 Å². The van der Waals surface area contributed by atoms with Gasteiger partial charge in [-0.1, -0.05) is 80.8 Å². The van der Waals surface area contributed by atoms with Crippen LogP contribution in [0.2, 0.25) is 27.3 Å². The number of nitrogens with one attached hydrogen (secondary N) is 1. The first kappa shape index (κ1) is 33.1. The number of carbonyl (C=O) groups excluding carboxylic acids is 1. The number of nitrogens with zero attached hydrogens (tertiary/aromatic N) is 4. The fourth-order valence-electron chi connectivity index (χ4n) is 4.92. The van der Waals surface area contributed by atoms with Crippen molar-refractivity contribution in [2.45, 2.75) is 116 Å². The van der Waals surface area contributed by atoms with Crippen molar-refractivity contribution in [2.24, 2.45) is 5.92 Å². The van der Waals surface area contributed by atoms with E-state index in [0.717, 1.165) is 0 Å². The lowest BCUT2D eigenvalue weighted by Crippen LogP contribution is -2.49. The zero-order valence-electron chi connectivity index (χ0n) is 25.2. The molecule has 1 fully saturated rings. The Bertz CT molecular complexity index is 1150. The van der Waals surface area contributed by atoms with Gasteiger partial charge in [0.15, 0.2) is 17.0 Å². The summed E-state index contributed by atoms with van der Waals surface area (Å²) in [4.78, 5) is 36.6. The number of halogens is 1. The second-order valence-electron chi connectivity index (χ2n) is 12.0. The van der Waals surface area contributed by atoms with Gasteiger partial charge in [-0.3, -0.25) is 14.7 Å². The highest BCUT2D eigenvalue weighted by molar-refractivity contribution is 6.68. The quantitative estimate of drug-likeness (QED) is 0.227. The number of carbonyl (C=O) groups is 1. The normalized spacial score (nSPS) is 22.3. The molecule has 2 aromatic rings. The maximum absolute atomic E-state index is 12.3. The fraction of sp³-hybridized carbons (Fsp3) is 0.769. The highest BCUT2D eigenvalue weighted by Gasteiger charge is 2.50. The summed E-state index contributed by atoms with van der Waals surface area (Å²) in [6.07, 6.45) is -1.87. The Morgan fingerprint density at radius 3 is 2.25 bits per heavy atom. The van der Waals surface area contributed by atoms with E-state index in [0.29, 0.717) is 22.2 Å². The first-order valence-corrected chi connectivity index (χ1v) is 18.0. The molecule has 1 unspecified atom stereocenters. The minimum Gasteiger partial charge on any atom is -0.410 e. The molecule has 4 atom stereocenters. The predicted molar refractivity (Wildman–Crippen MR) is 159 cm³/mol. The van der Waals surface area contributed by atoms with Crippen LogP contribution in [0.1, 0.15) is 75.5 Å². The third-order valence-corrected chi connectivity index (χ3v) is 14.3. The van der Waals surface area contributed by atoms with Crippen molar-refractivity contribution < 1.29 is 28.3 Å². The number of rotatable bonds is 12. The molecule has 1 amide bonds. The Labute approximate surface area is 245 Å². The molecule has 3 rings (SSSR count). The number of ether oxygens (including phenoxy) is 1. The molecule has 225 valence electrons. The average Bonchev–Trinajstić information content (AvgIpc) is 3.40. The van der Waals surface area contributed by atoms with E-state index >= 15 is 0 Å². The van der Waals surface area contributed by atoms with Gasteiger partial charge in [-0.25, -0.2) is 4.98 Å². The summed E-state index contributed by atoms with van der Waals surface area (Å²) < 4.78 is 20.9. The molecule has 0 aliphatic carbocycles. The molecule has 0 saturated carbocycles. The summed E-state index contributed by atoms with van der Waals surface area (Å²) in [5.74, 6) is -0.500. The summed E-state index contributed by atoms with van der Waals surface area (Å²) in [6.45, 7) is 19.9. The van der Waals surface area contributed by atoms with Crippen LogP contribution in [0.3, 0.4) is 0 Å². The van der Waals surface area contributed by atoms with Crippen molar-refractivity contribution in [3.05, 3.63) is 11.5 Å². The van der Waals surface area contributed by atoms with E-state index in [1.807, 2.05) is 27.7 Å². The summed E-state index contributed by atoms with van der Waals surface area (Å²) in [5, 5.41) is 14.4. The van der Waals surface area contributed by atoms with Crippen LogP contribution in [0.15, 0.2) is 6.33 Å². The maximum Gasteiger partial charge on any atom is 0.340 e. The van der Waals surface area contributed by atoms with Gasteiger partial charge in [0.05, 0.1) is 12.9 Å². The van der Waals surface area contributed by atoms with Gasteiger partial charge in [-0.15, -0.1) is 0 Å². The van der Waals surface area contributed by atoms with Crippen LogP contribution in [0.5, 0.6) is 0 Å². The van der Waals surface area contributed by atoms with Crippen LogP contribution in [0, 0.1) is 5.92 Å². The van der Waals surface area contributed by atoms with E-state index < -0.39 is 42.1 Å². The van der Waals surface area contributed by atoms with Crippen molar-refractivity contribution in [2.75, 3.05) is 11.9 Å². The summed E-state index contributed by atoms with van der Waals surface area (Å²) >= 11 is 6.39. The molecule has 1 radical (unpaired) electrons. The van der Waals surface area contributed by atoms with Crippen LogP contribution in [0.4, 0.5) is 5.95 Å². The Kier molecular flexibility index (Phi) is 10.9. The molecule has 0 aromatic carbocycles. The van der Waals surface area contributed by atoms with Gasteiger partial charge >= 0.3 is 8.56 Å². The topological polar surface area (TPSA) is 141 Å². The van der Waals surface area contributed by atoms with Crippen molar-refractivity contribution in [3.63, 3.8) is 0 Å². The second-order valence-corrected chi connectivity index (χ2v) is 19.8. The standard InChI is InChI=1S/C26H45ClN5O6Si2/c1-13(2)24(34)31-26-29-22(27)19-23(30-26)32(12-28-19)25-20(33)21(38-39(14(3)4)15(5)6)18(37-25)11-36-40(35,16(7)8)17(9)10/h12-18,20-21,25,33,35H,11H2,1-10H3,(H,29,30,31,34)/t18-,20+,21?,25-/m1/s1. The van der Waals surface area contributed by atoms with Gasteiger partial charge in [-0.05, 0) is 22.2 Å². The first-order chi connectivity index (χ1) is 18.6. The molecule has 3 N–H and O–H groups in total. The average molecular weight is 615 g/mol. The number of aliphatic hydroxyl groups excluding tert-OH is 1. The van der Waals surface area contributed by atoms with Crippen molar-refractivity contribution >= 4 is 52.2 Å². The second kappa shape index (κ2) is 13.2. The van der Waals surface area contributed by atoms with E-state index in [1.54, 1.807) is 18.4 Å². The molecule has 2 aromatic heterocycles. The van der Waals surface area contributed by atoms with E-state index in [-0.39, 0.29) is 40.6 Å². The van der Waals surface area contributed by atoms with Gasteiger partial charge in [0.1, 0.15) is 23.8 Å². The van der Waals surface area contributed by atoms with Crippen LogP contribution < -0.4 is 5.32 Å². The molecule has 0 bridgehead atoms. The van der Waals surface area contributed by atoms with Gasteiger partial charge in [-0.2, -0.15) is 9.97 Å². The minimum atomic E-state index is -3.09. The van der Waals surface area contributed by atoms with E-state index in [2.05, 4.69) is 48.0 Å². The van der Waals surface area contributed by atoms with E-state index in [4.69, 9.17) is 25.2 Å². The zero-order valence-corrected chi connectivity index (χ0v) is 27.9. The molecule has 1 saturated heterocycles. The lowest BCUT2D eigenvalue weighted by atomic mass is 10.1. The monoisotopic (exact) mass is 614 g/mol. The molecular weight excluding hydrogens is 570 g/mol. The third kappa shape index (κ3) is 6.94. The predicted octanol–water partition coefficient (Wildman–Crippen LogP) is 4.80. The Morgan fingerprint density at radius 1 is 1.12 bits per heavy atom. The molecule has 3 heterocycles.